The van der Waals surface area contributed by atoms with Crippen LogP contribution in [-0.4, -0.2) is 15.4 Å². The summed E-state index contributed by atoms with van der Waals surface area (Å²) in [6, 6.07) is 17.3. The average Bonchev–Trinajstić information content (AvgIpc) is 3.15. The number of rotatable bonds is 4. The summed E-state index contributed by atoms with van der Waals surface area (Å²) in [4.78, 5) is 0. The van der Waals surface area contributed by atoms with Crippen molar-refractivity contribution in [2.45, 2.75) is 20.5 Å². The molecule has 0 bridgehead atoms. The maximum Gasteiger partial charge on any atom is 0.213 e. The highest BCUT2D eigenvalue weighted by molar-refractivity contribution is 6.00. The average molecular weight is 361 g/mol. The Morgan fingerprint density at radius 3 is 2.26 bits per heavy atom. The maximum absolute atomic E-state index is 10.5. The standard InChI is InChI=1S/C22H19NO4/c1-13-14(2)21(25)22-18(20(13)24)19(23-27-22)16-8-10-17(11-9-16)26-12-15-6-4-3-5-7-15/h3-11,24-25H,12H2,1-2H3. The van der Waals surface area contributed by atoms with Gasteiger partial charge in [-0.05, 0) is 49.2 Å². The minimum atomic E-state index is 0.00173. The van der Waals surface area contributed by atoms with Gasteiger partial charge in [-0.2, -0.15) is 0 Å². The molecule has 0 aliphatic heterocycles. The normalized spacial score (nSPS) is 11.0. The lowest BCUT2D eigenvalue weighted by atomic mass is 10.0. The van der Waals surface area contributed by atoms with Gasteiger partial charge in [0.2, 0.25) is 5.58 Å². The molecule has 0 saturated carbocycles. The minimum Gasteiger partial charge on any atom is -0.507 e. The van der Waals surface area contributed by atoms with Crippen molar-refractivity contribution < 1.29 is 19.5 Å². The van der Waals surface area contributed by atoms with Gasteiger partial charge in [0.05, 0.1) is 5.39 Å². The van der Waals surface area contributed by atoms with Crippen LogP contribution >= 0.6 is 0 Å². The van der Waals surface area contributed by atoms with Gasteiger partial charge >= 0.3 is 0 Å². The van der Waals surface area contributed by atoms with Crippen molar-refractivity contribution in [1.29, 1.82) is 0 Å². The van der Waals surface area contributed by atoms with Crippen LogP contribution in [0.25, 0.3) is 22.2 Å². The number of aromatic hydroxyl groups is 2. The topological polar surface area (TPSA) is 75.7 Å². The second kappa shape index (κ2) is 6.68. The van der Waals surface area contributed by atoms with Crippen LogP contribution < -0.4 is 4.74 Å². The number of nitrogens with zero attached hydrogens (tertiary/aromatic N) is 1. The molecule has 0 amide bonds. The van der Waals surface area contributed by atoms with E-state index in [2.05, 4.69) is 5.16 Å². The van der Waals surface area contributed by atoms with Gasteiger partial charge in [0.25, 0.3) is 0 Å². The van der Waals surface area contributed by atoms with E-state index >= 15 is 0 Å². The van der Waals surface area contributed by atoms with Crippen LogP contribution in [-0.2, 0) is 6.61 Å². The largest absolute Gasteiger partial charge is 0.507 e. The van der Waals surface area contributed by atoms with E-state index in [-0.39, 0.29) is 17.1 Å². The van der Waals surface area contributed by atoms with Gasteiger partial charge in [0.1, 0.15) is 23.8 Å². The minimum absolute atomic E-state index is 0.00173. The van der Waals surface area contributed by atoms with Gasteiger partial charge in [0.15, 0.2) is 5.75 Å². The summed E-state index contributed by atoms with van der Waals surface area (Å²) in [5.41, 5.74) is 3.71. The molecule has 2 N–H and O–H groups in total. The summed E-state index contributed by atoms with van der Waals surface area (Å²) < 4.78 is 11.1. The number of phenols is 2. The van der Waals surface area contributed by atoms with Gasteiger partial charge in [-0.3, -0.25) is 0 Å². The molecule has 0 saturated heterocycles. The van der Waals surface area contributed by atoms with Crippen molar-refractivity contribution in [3.05, 3.63) is 71.3 Å². The molecule has 27 heavy (non-hydrogen) atoms. The zero-order valence-corrected chi connectivity index (χ0v) is 15.1. The molecule has 5 nitrogen and oxygen atoms in total. The second-order valence-electron chi connectivity index (χ2n) is 6.48. The zero-order valence-electron chi connectivity index (χ0n) is 15.1. The van der Waals surface area contributed by atoms with E-state index in [1.54, 1.807) is 13.8 Å². The molecule has 4 rings (SSSR count). The van der Waals surface area contributed by atoms with Crippen molar-refractivity contribution >= 4 is 11.0 Å². The van der Waals surface area contributed by atoms with Crippen LogP contribution in [0.5, 0.6) is 17.2 Å². The van der Waals surface area contributed by atoms with Gasteiger partial charge < -0.3 is 19.5 Å². The van der Waals surface area contributed by atoms with Crippen LogP contribution in [0.4, 0.5) is 0 Å². The van der Waals surface area contributed by atoms with E-state index in [1.807, 2.05) is 54.6 Å². The van der Waals surface area contributed by atoms with Crippen molar-refractivity contribution in [3.63, 3.8) is 0 Å². The predicted molar refractivity (Wildman–Crippen MR) is 103 cm³/mol. The summed E-state index contributed by atoms with van der Waals surface area (Å²) >= 11 is 0. The molecule has 0 atom stereocenters. The van der Waals surface area contributed by atoms with Crippen molar-refractivity contribution in [2.24, 2.45) is 0 Å². The Kier molecular flexibility index (Phi) is 4.20. The van der Waals surface area contributed by atoms with E-state index in [0.29, 0.717) is 28.8 Å². The smallest absolute Gasteiger partial charge is 0.213 e. The first-order valence-electron chi connectivity index (χ1n) is 8.64. The van der Waals surface area contributed by atoms with E-state index in [9.17, 15) is 10.2 Å². The zero-order chi connectivity index (χ0) is 19.0. The third-order valence-electron chi connectivity index (χ3n) is 4.79. The van der Waals surface area contributed by atoms with E-state index in [0.717, 1.165) is 16.9 Å². The Balaban J connectivity index is 1.65. The van der Waals surface area contributed by atoms with Gasteiger partial charge in [-0.1, -0.05) is 35.5 Å². The first-order chi connectivity index (χ1) is 13.1. The van der Waals surface area contributed by atoms with Gasteiger partial charge in [0, 0.05) is 11.1 Å². The maximum atomic E-state index is 10.5. The molecule has 0 aliphatic rings. The highest BCUT2D eigenvalue weighted by atomic mass is 16.5. The quantitative estimate of drug-likeness (QED) is 0.495. The first-order valence-corrected chi connectivity index (χ1v) is 8.64. The fourth-order valence-corrected chi connectivity index (χ4v) is 3.03. The molecule has 0 aliphatic carbocycles. The summed E-state index contributed by atoms with van der Waals surface area (Å²) in [5.74, 6) is 0.803. The van der Waals surface area contributed by atoms with Crippen LogP contribution in [0.15, 0.2) is 59.1 Å². The lowest BCUT2D eigenvalue weighted by molar-refractivity contribution is 0.306. The molecule has 136 valence electrons. The van der Waals surface area contributed by atoms with Crippen LogP contribution in [0.1, 0.15) is 16.7 Å². The Labute approximate surface area is 156 Å². The summed E-state index contributed by atoms with van der Waals surface area (Å²) in [5, 5.41) is 25.3. The molecule has 5 heteroatoms. The SMILES string of the molecule is Cc1c(C)c(O)c2c(-c3ccc(OCc4ccccc4)cc3)noc2c1O. The van der Waals surface area contributed by atoms with Gasteiger partial charge in [-0.25, -0.2) is 0 Å². The molecule has 0 spiro atoms. The highest BCUT2D eigenvalue weighted by Gasteiger charge is 2.22. The molecule has 4 aromatic rings. The fourth-order valence-electron chi connectivity index (χ4n) is 3.03. The molecule has 3 aromatic carbocycles. The number of hydrogen-bond donors (Lipinski definition) is 2. The van der Waals surface area contributed by atoms with E-state index in [1.165, 1.54) is 0 Å². The summed E-state index contributed by atoms with van der Waals surface area (Å²) in [7, 11) is 0. The molecular weight excluding hydrogens is 342 g/mol. The number of hydrogen-bond acceptors (Lipinski definition) is 5. The number of benzene rings is 3. The number of phenolic OH excluding ortho intramolecular Hbond substituents is 2. The lowest BCUT2D eigenvalue weighted by Crippen LogP contribution is -1.94. The van der Waals surface area contributed by atoms with E-state index < -0.39 is 0 Å². The van der Waals surface area contributed by atoms with Crippen molar-refractivity contribution in [3.8, 4) is 28.5 Å². The lowest BCUT2D eigenvalue weighted by Gasteiger charge is -2.08. The van der Waals surface area contributed by atoms with Crippen LogP contribution in [0.3, 0.4) is 0 Å². The predicted octanol–water partition coefficient (Wildman–Crippen LogP) is 5.10. The number of aromatic nitrogens is 1. The summed E-state index contributed by atoms with van der Waals surface area (Å²) in [6.07, 6.45) is 0. The van der Waals surface area contributed by atoms with Crippen molar-refractivity contribution in [1.82, 2.24) is 5.16 Å². The fraction of sp³-hybridized carbons (Fsp3) is 0.136. The summed E-state index contributed by atoms with van der Waals surface area (Å²) in [6.45, 7) is 3.96. The van der Waals surface area contributed by atoms with E-state index in [4.69, 9.17) is 9.26 Å². The molecular formula is C22H19NO4. The Morgan fingerprint density at radius 2 is 1.56 bits per heavy atom. The monoisotopic (exact) mass is 361 g/mol. The third kappa shape index (κ3) is 2.97. The molecule has 0 radical (unpaired) electrons. The number of ether oxygens (including phenoxy) is 1. The molecule has 0 fully saturated rings. The van der Waals surface area contributed by atoms with Crippen LogP contribution in [0.2, 0.25) is 0 Å². The molecule has 0 unspecified atom stereocenters. The molecule has 1 aromatic heterocycles. The Bertz CT molecular complexity index is 1100. The second-order valence-corrected chi connectivity index (χ2v) is 6.48. The third-order valence-corrected chi connectivity index (χ3v) is 4.79. The first kappa shape index (κ1) is 17.0. The highest BCUT2D eigenvalue weighted by Crippen LogP contribution is 2.43. The van der Waals surface area contributed by atoms with Crippen molar-refractivity contribution in [2.75, 3.05) is 0 Å². The molecule has 1 heterocycles. The Morgan fingerprint density at radius 1 is 0.889 bits per heavy atom. The number of fused-ring (bicyclic) bond motifs is 1. The Hall–Kier alpha value is -3.47. The van der Waals surface area contributed by atoms with Crippen LogP contribution in [0, 0.1) is 13.8 Å². The van der Waals surface area contributed by atoms with Gasteiger partial charge in [-0.15, -0.1) is 0 Å².